The van der Waals surface area contributed by atoms with Gasteiger partial charge in [-0.05, 0) is 18.9 Å². The van der Waals surface area contributed by atoms with Crippen molar-refractivity contribution in [1.29, 1.82) is 0 Å². The Balaban J connectivity index is 2.06. The van der Waals surface area contributed by atoms with E-state index in [0.717, 1.165) is 12.0 Å². The van der Waals surface area contributed by atoms with Crippen LogP contribution in [0.2, 0.25) is 0 Å². The summed E-state index contributed by atoms with van der Waals surface area (Å²) in [5.41, 5.74) is 2.34. The fourth-order valence-corrected chi connectivity index (χ4v) is 1.87. The number of rotatable bonds is 5. The second-order valence-electron chi connectivity index (χ2n) is 4.52. The summed E-state index contributed by atoms with van der Waals surface area (Å²) in [6, 6.07) is 8.17. The van der Waals surface area contributed by atoms with E-state index in [2.05, 4.69) is 16.2 Å². The van der Waals surface area contributed by atoms with Crippen molar-refractivity contribution in [3.63, 3.8) is 0 Å². The maximum absolute atomic E-state index is 9.76. The lowest BCUT2D eigenvalue weighted by molar-refractivity contribution is 0.153. The van der Waals surface area contributed by atoms with Gasteiger partial charge in [0.05, 0.1) is 6.42 Å². The molecule has 0 bridgehead atoms. The molecule has 0 fully saturated rings. The van der Waals surface area contributed by atoms with E-state index in [0.29, 0.717) is 24.6 Å². The molecule has 0 saturated carbocycles. The van der Waals surface area contributed by atoms with Crippen LogP contribution in [0.1, 0.15) is 48.7 Å². The van der Waals surface area contributed by atoms with Crippen molar-refractivity contribution in [2.75, 3.05) is 0 Å². The molecule has 4 nitrogen and oxygen atoms in total. The number of hydrogen-bond acceptors (Lipinski definition) is 4. The molecule has 2 aromatic rings. The Morgan fingerprint density at radius 2 is 2.22 bits per heavy atom. The Morgan fingerprint density at radius 1 is 1.39 bits per heavy atom. The second-order valence-corrected chi connectivity index (χ2v) is 4.52. The SMILES string of the molecule is CCCC(O)c1noc(Cc2cccc(C)c2)n1. The molecule has 0 radical (unpaired) electrons. The second kappa shape index (κ2) is 5.78. The number of benzene rings is 1. The van der Waals surface area contributed by atoms with Crippen LogP contribution < -0.4 is 0 Å². The van der Waals surface area contributed by atoms with Crippen LogP contribution in [-0.2, 0) is 6.42 Å². The quantitative estimate of drug-likeness (QED) is 0.881. The third-order valence-electron chi connectivity index (χ3n) is 2.78. The fraction of sp³-hybridized carbons (Fsp3) is 0.429. The maximum atomic E-state index is 9.76. The predicted molar refractivity (Wildman–Crippen MR) is 68.2 cm³/mol. The molecule has 18 heavy (non-hydrogen) atoms. The van der Waals surface area contributed by atoms with Crippen LogP contribution in [0.5, 0.6) is 0 Å². The van der Waals surface area contributed by atoms with Gasteiger partial charge in [-0.2, -0.15) is 4.98 Å². The molecule has 0 saturated heterocycles. The average molecular weight is 246 g/mol. The van der Waals surface area contributed by atoms with Gasteiger partial charge in [-0.1, -0.05) is 48.3 Å². The monoisotopic (exact) mass is 246 g/mol. The smallest absolute Gasteiger partial charge is 0.231 e. The summed E-state index contributed by atoms with van der Waals surface area (Å²) in [6.45, 7) is 4.06. The topological polar surface area (TPSA) is 59.2 Å². The summed E-state index contributed by atoms with van der Waals surface area (Å²) in [7, 11) is 0. The van der Waals surface area contributed by atoms with Crippen LogP contribution in [0.15, 0.2) is 28.8 Å². The van der Waals surface area contributed by atoms with Gasteiger partial charge in [0.25, 0.3) is 0 Å². The van der Waals surface area contributed by atoms with Gasteiger partial charge in [-0.3, -0.25) is 0 Å². The highest BCUT2D eigenvalue weighted by atomic mass is 16.5. The molecule has 1 aromatic heterocycles. The Bertz CT molecular complexity index is 508. The Morgan fingerprint density at radius 3 is 2.94 bits per heavy atom. The van der Waals surface area contributed by atoms with Crippen LogP contribution in [0, 0.1) is 6.92 Å². The zero-order valence-corrected chi connectivity index (χ0v) is 10.8. The van der Waals surface area contributed by atoms with Crippen molar-refractivity contribution < 1.29 is 9.63 Å². The third kappa shape index (κ3) is 3.17. The average Bonchev–Trinajstić information content (AvgIpc) is 2.78. The number of aryl methyl sites for hydroxylation is 1. The van der Waals surface area contributed by atoms with Gasteiger partial charge < -0.3 is 9.63 Å². The summed E-state index contributed by atoms with van der Waals surface area (Å²) >= 11 is 0. The fourth-order valence-electron chi connectivity index (χ4n) is 1.87. The van der Waals surface area contributed by atoms with Crippen LogP contribution in [0.4, 0.5) is 0 Å². The third-order valence-corrected chi connectivity index (χ3v) is 2.78. The van der Waals surface area contributed by atoms with E-state index in [-0.39, 0.29) is 0 Å². The number of nitrogens with zero attached hydrogens (tertiary/aromatic N) is 2. The number of aliphatic hydroxyl groups excluding tert-OH is 1. The standard InChI is InChI=1S/C14H18N2O2/c1-3-5-12(17)14-15-13(18-16-14)9-11-7-4-6-10(2)8-11/h4,6-8,12,17H,3,5,9H2,1-2H3. The van der Waals surface area contributed by atoms with Crippen LogP contribution in [0.25, 0.3) is 0 Å². The Kier molecular flexibility index (Phi) is 4.10. The largest absolute Gasteiger partial charge is 0.385 e. The van der Waals surface area contributed by atoms with Gasteiger partial charge in [0.15, 0.2) is 5.82 Å². The van der Waals surface area contributed by atoms with Crippen LogP contribution in [-0.4, -0.2) is 15.2 Å². The van der Waals surface area contributed by atoms with E-state index >= 15 is 0 Å². The van der Waals surface area contributed by atoms with E-state index in [1.54, 1.807) is 0 Å². The molecule has 1 atom stereocenters. The van der Waals surface area contributed by atoms with Gasteiger partial charge in [-0.15, -0.1) is 0 Å². The molecule has 0 amide bonds. The highest BCUT2D eigenvalue weighted by Crippen LogP contribution is 2.16. The molecule has 1 N–H and O–H groups in total. The molecule has 96 valence electrons. The first-order valence-corrected chi connectivity index (χ1v) is 6.25. The summed E-state index contributed by atoms with van der Waals surface area (Å²) in [5, 5.41) is 13.6. The highest BCUT2D eigenvalue weighted by Gasteiger charge is 2.14. The first-order valence-electron chi connectivity index (χ1n) is 6.25. The predicted octanol–water partition coefficient (Wildman–Crippen LogP) is 2.80. The summed E-state index contributed by atoms with van der Waals surface area (Å²) in [4.78, 5) is 4.23. The summed E-state index contributed by atoms with van der Waals surface area (Å²) in [6.07, 6.45) is 1.53. The number of aliphatic hydroxyl groups is 1. The van der Waals surface area contributed by atoms with E-state index in [1.807, 2.05) is 32.0 Å². The maximum Gasteiger partial charge on any atom is 0.231 e. The minimum atomic E-state index is -0.620. The molecular formula is C14H18N2O2. The Labute approximate surface area is 107 Å². The van der Waals surface area contributed by atoms with Crippen molar-refractivity contribution >= 4 is 0 Å². The number of aromatic nitrogens is 2. The normalized spacial score (nSPS) is 12.6. The number of hydrogen-bond donors (Lipinski definition) is 1. The van der Waals surface area contributed by atoms with Gasteiger partial charge in [0, 0.05) is 0 Å². The Hall–Kier alpha value is -1.68. The van der Waals surface area contributed by atoms with Gasteiger partial charge in [0.2, 0.25) is 5.89 Å². The highest BCUT2D eigenvalue weighted by molar-refractivity contribution is 5.24. The van der Waals surface area contributed by atoms with E-state index in [4.69, 9.17) is 4.52 Å². The molecule has 0 aliphatic carbocycles. The zero-order chi connectivity index (χ0) is 13.0. The van der Waals surface area contributed by atoms with Crippen molar-refractivity contribution in [1.82, 2.24) is 10.1 Å². The molecule has 1 aromatic carbocycles. The van der Waals surface area contributed by atoms with Crippen LogP contribution in [0.3, 0.4) is 0 Å². The lowest BCUT2D eigenvalue weighted by Gasteiger charge is -2.01. The lowest BCUT2D eigenvalue weighted by Crippen LogP contribution is -1.99. The molecule has 0 aliphatic rings. The van der Waals surface area contributed by atoms with Gasteiger partial charge >= 0.3 is 0 Å². The van der Waals surface area contributed by atoms with E-state index in [9.17, 15) is 5.11 Å². The molecule has 4 heteroatoms. The van der Waals surface area contributed by atoms with Crippen molar-refractivity contribution in [2.24, 2.45) is 0 Å². The van der Waals surface area contributed by atoms with E-state index in [1.165, 1.54) is 5.56 Å². The molecule has 0 aliphatic heterocycles. The zero-order valence-electron chi connectivity index (χ0n) is 10.8. The minimum Gasteiger partial charge on any atom is -0.385 e. The van der Waals surface area contributed by atoms with Gasteiger partial charge in [0.1, 0.15) is 6.10 Å². The molecule has 1 unspecified atom stereocenters. The van der Waals surface area contributed by atoms with Crippen molar-refractivity contribution in [2.45, 2.75) is 39.2 Å². The van der Waals surface area contributed by atoms with Crippen molar-refractivity contribution in [3.05, 3.63) is 47.1 Å². The minimum absolute atomic E-state index is 0.388. The first-order chi connectivity index (χ1) is 8.69. The van der Waals surface area contributed by atoms with Crippen molar-refractivity contribution in [3.8, 4) is 0 Å². The van der Waals surface area contributed by atoms with Crippen LogP contribution >= 0.6 is 0 Å². The van der Waals surface area contributed by atoms with E-state index < -0.39 is 6.10 Å². The molecule has 0 spiro atoms. The summed E-state index contributed by atoms with van der Waals surface area (Å²) in [5.74, 6) is 0.935. The van der Waals surface area contributed by atoms with Gasteiger partial charge in [-0.25, -0.2) is 0 Å². The first kappa shape index (κ1) is 12.8. The lowest BCUT2D eigenvalue weighted by atomic mass is 10.1. The molecular weight excluding hydrogens is 228 g/mol. The molecule has 1 heterocycles. The molecule has 2 rings (SSSR count). The summed E-state index contributed by atoms with van der Waals surface area (Å²) < 4.78 is 5.15.